The van der Waals surface area contributed by atoms with E-state index in [0.717, 1.165) is 12.2 Å². The van der Waals surface area contributed by atoms with E-state index < -0.39 is 10.5 Å². The fraction of sp³-hybridized carbons (Fsp3) is 0.286. The quantitative estimate of drug-likeness (QED) is 0.271. The van der Waals surface area contributed by atoms with Gasteiger partial charge in [-0.25, -0.2) is 0 Å². The Morgan fingerprint density at radius 2 is 2.12 bits per heavy atom. The van der Waals surface area contributed by atoms with Crippen LogP contribution in [0.2, 0.25) is 0 Å². The Bertz CT molecular complexity index is 968. The Labute approximate surface area is 145 Å². The van der Waals surface area contributed by atoms with E-state index in [1.807, 2.05) is 0 Å². The Morgan fingerprint density at radius 3 is 2.88 bits per heavy atom. The highest BCUT2D eigenvalue weighted by molar-refractivity contribution is 7.99. The van der Waals surface area contributed by atoms with Crippen LogP contribution < -0.4 is 11.3 Å². The van der Waals surface area contributed by atoms with Gasteiger partial charge >= 0.3 is 0 Å². The number of aromatic amines is 1. The molecule has 0 saturated heterocycles. The summed E-state index contributed by atoms with van der Waals surface area (Å²) in [5.74, 6) is 0.976. The van der Waals surface area contributed by atoms with Crippen molar-refractivity contribution in [3.8, 4) is 0 Å². The fourth-order valence-electron chi connectivity index (χ4n) is 2.24. The van der Waals surface area contributed by atoms with Gasteiger partial charge in [0, 0.05) is 23.8 Å². The number of benzene rings is 1. The predicted octanol–water partition coefficient (Wildman–Crippen LogP) is 0.752. The van der Waals surface area contributed by atoms with Crippen LogP contribution in [0.25, 0.3) is 5.78 Å². The van der Waals surface area contributed by atoms with Crippen molar-refractivity contribution >= 4 is 23.2 Å². The lowest BCUT2D eigenvalue weighted by Gasteiger charge is -2.03. The van der Waals surface area contributed by atoms with Crippen LogP contribution in [0.3, 0.4) is 0 Å². The van der Waals surface area contributed by atoms with E-state index in [9.17, 15) is 14.9 Å². The maximum atomic E-state index is 12.2. The summed E-state index contributed by atoms with van der Waals surface area (Å²) < 4.78 is 1.44. The lowest BCUT2D eigenvalue weighted by Crippen LogP contribution is -2.19. The minimum atomic E-state index is -0.477. The number of nitrogens with one attached hydrogen (secondary N) is 1. The molecule has 0 fully saturated rings. The summed E-state index contributed by atoms with van der Waals surface area (Å²) in [4.78, 5) is 25.4. The minimum Gasteiger partial charge on any atom is -0.330 e. The molecular formula is C14H15N7O3S. The lowest BCUT2D eigenvalue weighted by atomic mass is 10.1. The average Bonchev–Trinajstić information content (AvgIpc) is 2.98. The number of aromatic nitrogens is 5. The zero-order chi connectivity index (χ0) is 17.8. The molecule has 1 aromatic carbocycles. The molecule has 0 bridgehead atoms. The third-order valence-corrected chi connectivity index (χ3v) is 4.45. The van der Waals surface area contributed by atoms with Crippen molar-refractivity contribution in [2.45, 2.75) is 18.0 Å². The second kappa shape index (κ2) is 7.40. The van der Waals surface area contributed by atoms with Gasteiger partial charge in [-0.05, 0) is 13.0 Å². The van der Waals surface area contributed by atoms with Crippen molar-refractivity contribution in [1.29, 1.82) is 0 Å². The van der Waals surface area contributed by atoms with Crippen molar-refractivity contribution in [3.63, 3.8) is 0 Å². The summed E-state index contributed by atoms with van der Waals surface area (Å²) in [6.07, 6.45) is 0.847. The van der Waals surface area contributed by atoms with Crippen LogP contribution in [-0.4, -0.2) is 42.0 Å². The smallest absolute Gasteiger partial charge is 0.274 e. The van der Waals surface area contributed by atoms with Crippen molar-refractivity contribution in [2.24, 2.45) is 5.73 Å². The number of nitrogens with zero attached hydrogens (tertiary/aromatic N) is 5. The molecule has 0 amide bonds. The molecule has 0 radical (unpaired) electrons. The summed E-state index contributed by atoms with van der Waals surface area (Å²) in [6.45, 7) is 0.566. The van der Waals surface area contributed by atoms with Gasteiger partial charge in [-0.1, -0.05) is 30.0 Å². The molecule has 0 spiro atoms. The van der Waals surface area contributed by atoms with Crippen LogP contribution in [0.5, 0.6) is 0 Å². The number of hydrogen-bond donors (Lipinski definition) is 2. The van der Waals surface area contributed by atoms with Gasteiger partial charge in [0.05, 0.1) is 4.92 Å². The van der Waals surface area contributed by atoms with Gasteiger partial charge < -0.3 is 5.73 Å². The van der Waals surface area contributed by atoms with E-state index in [2.05, 4.69) is 20.3 Å². The monoisotopic (exact) mass is 361 g/mol. The largest absolute Gasteiger partial charge is 0.330 e. The van der Waals surface area contributed by atoms with Crippen LogP contribution in [0.15, 0.2) is 34.2 Å². The maximum absolute atomic E-state index is 12.2. The highest BCUT2D eigenvalue weighted by Gasteiger charge is 2.17. The average molecular weight is 361 g/mol. The zero-order valence-electron chi connectivity index (χ0n) is 13.1. The van der Waals surface area contributed by atoms with Crippen LogP contribution in [0, 0.1) is 10.1 Å². The fourth-order valence-corrected chi connectivity index (χ4v) is 3.09. The van der Waals surface area contributed by atoms with E-state index >= 15 is 0 Å². The standard InChI is InChI=1S/C14H15N7O3S/c15-6-3-7-25-14-18-17-13-16-12(22)10(19-20(13)14)8-9-4-1-2-5-11(9)21(23)24/h1-2,4-5H,3,6-8,15H2,(H,16,17,22). The summed E-state index contributed by atoms with van der Waals surface area (Å²) in [5, 5.41) is 23.8. The van der Waals surface area contributed by atoms with Gasteiger partial charge in [0.2, 0.25) is 5.16 Å². The molecule has 0 aliphatic carbocycles. The van der Waals surface area contributed by atoms with Gasteiger partial charge in [0.1, 0.15) is 5.69 Å². The highest BCUT2D eigenvalue weighted by atomic mass is 32.2. The summed E-state index contributed by atoms with van der Waals surface area (Å²) >= 11 is 1.43. The molecule has 0 atom stereocenters. The lowest BCUT2D eigenvalue weighted by molar-refractivity contribution is -0.385. The van der Waals surface area contributed by atoms with Crippen molar-refractivity contribution in [2.75, 3.05) is 12.3 Å². The number of para-hydroxylation sites is 1. The molecule has 3 N–H and O–H groups in total. The number of thioether (sulfide) groups is 1. The molecule has 3 rings (SSSR count). The molecule has 130 valence electrons. The molecule has 25 heavy (non-hydrogen) atoms. The number of nitro groups is 1. The molecule has 11 heteroatoms. The Balaban J connectivity index is 1.96. The van der Waals surface area contributed by atoms with Crippen molar-refractivity contribution < 1.29 is 4.92 Å². The summed E-state index contributed by atoms with van der Waals surface area (Å²) in [6, 6.07) is 6.26. The topological polar surface area (TPSA) is 145 Å². The first-order valence-corrected chi connectivity index (χ1v) is 8.48. The van der Waals surface area contributed by atoms with E-state index in [4.69, 9.17) is 5.73 Å². The maximum Gasteiger partial charge on any atom is 0.274 e. The van der Waals surface area contributed by atoms with Crippen molar-refractivity contribution in [3.05, 3.63) is 56.0 Å². The summed E-state index contributed by atoms with van der Waals surface area (Å²) in [5.41, 5.74) is 5.54. The third kappa shape index (κ3) is 3.67. The van der Waals surface area contributed by atoms with E-state index in [-0.39, 0.29) is 23.6 Å². The molecule has 3 aromatic rings. The van der Waals surface area contributed by atoms with E-state index in [0.29, 0.717) is 17.3 Å². The highest BCUT2D eigenvalue weighted by Crippen LogP contribution is 2.20. The van der Waals surface area contributed by atoms with Gasteiger partial charge in [0.25, 0.3) is 17.0 Å². The molecule has 10 nitrogen and oxygen atoms in total. The molecule has 0 saturated carbocycles. The normalized spacial score (nSPS) is 11.1. The number of nitrogens with two attached hydrogens (primary N) is 1. The number of fused-ring (bicyclic) bond motifs is 1. The number of rotatable bonds is 7. The first-order chi connectivity index (χ1) is 12.1. The van der Waals surface area contributed by atoms with Gasteiger partial charge in [-0.3, -0.25) is 19.9 Å². The van der Waals surface area contributed by atoms with Crippen LogP contribution in [0.4, 0.5) is 5.69 Å². The number of H-pyrrole nitrogens is 1. The third-order valence-electron chi connectivity index (χ3n) is 3.45. The van der Waals surface area contributed by atoms with E-state index in [1.165, 1.54) is 22.3 Å². The molecule has 0 aliphatic heterocycles. The van der Waals surface area contributed by atoms with E-state index in [1.54, 1.807) is 18.2 Å². The molecular weight excluding hydrogens is 346 g/mol. The molecule has 2 heterocycles. The second-order valence-corrected chi connectivity index (χ2v) is 6.23. The van der Waals surface area contributed by atoms with Gasteiger partial charge in [0.15, 0.2) is 0 Å². The zero-order valence-corrected chi connectivity index (χ0v) is 13.9. The minimum absolute atomic E-state index is 0.0352. The Kier molecular flexibility index (Phi) is 5.05. The molecule has 2 aromatic heterocycles. The second-order valence-electron chi connectivity index (χ2n) is 5.17. The Morgan fingerprint density at radius 1 is 1.32 bits per heavy atom. The van der Waals surface area contributed by atoms with Crippen LogP contribution in [0.1, 0.15) is 17.7 Å². The molecule has 0 aliphatic rings. The predicted molar refractivity (Wildman–Crippen MR) is 91.7 cm³/mol. The van der Waals surface area contributed by atoms with Crippen LogP contribution in [-0.2, 0) is 6.42 Å². The van der Waals surface area contributed by atoms with Crippen LogP contribution >= 0.6 is 11.8 Å². The first kappa shape index (κ1) is 17.0. The summed E-state index contributed by atoms with van der Waals surface area (Å²) in [7, 11) is 0. The Hall–Kier alpha value is -2.79. The van der Waals surface area contributed by atoms with Crippen molar-refractivity contribution in [1.82, 2.24) is 24.8 Å². The number of nitro benzene ring substituents is 1. The van der Waals surface area contributed by atoms with Gasteiger partial charge in [-0.2, -0.15) is 9.61 Å². The van der Waals surface area contributed by atoms with Gasteiger partial charge in [-0.15, -0.1) is 10.2 Å². The SMILES string of the molecule is NCCCSc1nnc2[nH]c(=O)c(Cc3ccccc3[N+](=O)[O-])nn12. The molecule has 0 unspecified atom stereocenters. The number of hydrogen-bond acceptors (Lipinski definition) is 8. The first-order valence-electron chi connectivity index (χ1n) is 7.50.